The van der Waals surface area contributed by atoms with Crippen molar-refractivity contribution >= 4 is 23.2 Å². The third kappa shape index (κ3) is 5.23. The van der Waals surface area contributed by atoms with Crippen LogP contribution in [0.3, 0.4) is 0 Å². The first-order chi connectivity index (χ1) is 14.5. The van der Waals surface area contributed by atoms with E-state index in [9.17, 15) is 35.9 Å². The van der Waals surface area contributed by atoms with Crippen LogP contribution in [0.4, 0.5) is 26.3 Å². The molecule has 0 atom stereocenters. The molecule has 0 aliphatic rings. The Hall–Kier alpha value is -3.34. The van der Waals surface area contributed by atoms with Crippen LogP contribution in [0, 0.1) is 0 Å². The third-order valence-corrected chi connectivity index (χ3v) is 5.22. The standard InChI is InChI=1S/C20H12F6N2O2S/c21-19(22,23)13-8-4-7-12(9-13)17(29)27-28-18(30)15-10-14(11-5-2-1-3-6-11)16(31-15)20(24,25)26/h1-10H,(H,27,29)(H,28,30). The maximum atomic E-state index is 13.4. The molecule has 1 aromatic heterocycles. The Morgan fingerprint density at radius 2 is 1.39 bits per heavy atom. The molecular formula is C20H12F6N2O2S. The van der Waals surface area contributed by atoms with Gasteiger partial charge in [-0.3, -0.25) is 20.4 Å². The molecule has 1 heterocycles. The Bertz CT molecular complexity index is 1110. The minimum atomic E-state index is -4.71. The molecule has 31 heavy (non-hydrogen) atoms. The van der Waals surface area contributed by atoms with Crippen molar-refractivity contribution in [1.29, 1.82) is 0 Å². The van der Waals surface area contributed by atoms with Gasteiger partial charge in [0.1, 0.15) is 4.88 Å². The monoisotopic (exact) mass is 458 g/mol. The highest BCUT2D eigenvalue weighted by molar-refractivity contribution is 7.14. The van der Waals surface area contributed by atoms with E-state index in [2.05, 4.69) is 0 Å². The van der Waals surface area contributed by atoms with Crippen LogP contribution in [0.25, 0.3) is 11.1 Å². The summed E-state index contributed by atoms with van der Waals surface area (Å²) in [6.07, 6.45) is -9.38. The van der Waals surface area contributed by atoms with Crippen LogP contribution in [0.2, 0.25) is 0 Å². The third-order valence-electron chi connectivity index (χ3n) is 4.04. The second kappa shape index (κ2) is 8.42. The number of thiophene rings is 1. The number of carbonyl (C=O) groups is 2. The smallest absolute Gasteiger partial charge is 0.267 e. The number of rotatable bonds is 3. The lowest BCUT2D eigenvalue weighted by molar-refractivity contribution is -0.137. The molecule has 0 spiro atoms. The SMILES string of the molecule is O=C(NNC(=O)c1cc(-c2ccccc2)c(C(F)(F)F)s1)c1cccc(C(F)(F)F)c1. The van der Waals surface area contributed by atoms with Gasteiger partial charge in [0.25, 0.3) is 11.8 Å². The molecule has 4 nitrogen and oxygen atoms in total. The van der Waals surface area contributed by atoms with Gasteiger partial charge in [-0.05, 0) is 29.8 Å². The van der Waals surface area contributed by atoms with Crippen molar-refractivity contribution in [1.82, 2.24) is 10.9 Å². The minimum absolute atomic E-state index is 0.186. The fourth-order valence-electron chi connectivity index (χ4n) is 2.63. The van der Waals surface area contributed by atoms with Crippen molar-refractivity contribution in [3.05, 3.63) is 81.5 Å². The molecular weight excluding hydrogens is 446 g/mol. The van der Waals surface area contributed by atoms with Gasteiger partial charge in [0, 0.05) is 11.1 Å². The van der Waals surface area contributed by atoms with Crippen LogP contribution >= 0.6 is 11.3 Å². The maximum absolute atomic E-state index is 13.4. The maximum Gasteiger partial charge on any atom is 0.426 e. The van der Waals surface area contributed by atoms with Gasteiger partial charge in [-0.15, -0.1) is 11.3 Å². The number of alkyl halides is 6. The van der Waals surface area contributed by atoms with Gasteiger partial charge < -0.3 is 0 Å². The Morgan fingerprint density at radius 3 is 2.00 bits per heavy atom. The molecule has 0 saturated heterocycles. The Balaban J connectivity index is 1.78. The predicted octanol–water partition coefficient (Wildman–Crippen LogP) is 5.53. The summed E-state index contributed by atoms with van der Waals surface area (Å²) in [5.74, 6) is -2.10. The van der Waals surface area contributed by atoms with Crippen LogP contribution in [0.5, 0.6) is 0 Å². The van der Waals surface area contributed by atoms with E-state index in [1.165, 1.54) is 12.1 Å². The molecule has 0 radical (unpaired) electrons. The number of halogens is 6. The van der Waals surface area contributed by atoms with E-state index in [-0.39, 0.29) is 32.9 Å². The average Bonchev–Trinajstić information content (AvgIpc) is 3.18. The van der Waals surface area contributed by atoms with Crippen LogP contribution < -0.4 is 10.9 Å². The summed E-state index contributed by atoms with van der Waals surface area (Å²) in [5, 5.41) is 0. The first-order valence-corrected chi connectivity index (χ1v) is 9.33. The van der Waals surface area contributed by atoms with Crippen LogP contribution in [0.15, 0.2) is 60.7 Å². The largest absolute Gasteiger partial charge is 0.426 e. The molecule has 0 fully saturated rings. The highest BCUT2D eigenvalue weighted by atomic mass is 32.1. The number of hydrogen-bond donors (Lipinski definition) is 2. The van der Waals surface area contributed by atoms with Crippen molar-refractivity contribution in [2.75, 3.05) is 0 Å². The molecule has 3 aromatic rings. The van der Waals surface area contributed by atoms with Crippen molar-refractivity contribution in [3.63, 3.8) is 0 Å². The van der Waals surface area contributed by atoms with Crippen molar-refractivity contribution in [2.24, 2.45) is 0 Å². The second-order valence-electron chi connectivity index (χ2n) is 6.20. The number of hydrazine groups is 1. The van der Waals surface area contributed by atoms with Crippen molar-refractivity contribution in [3.8, 4) is 11.1 Å². The molecule has 11 heteroatoms. The van der Waals surface area contributed by atoms with E-state index in [1.807, 2.05) is 10.9 Å². The van der Waals surface area contributed by atoms with E-state index >= 15 is 0 Å². The van der Waals surface area contributed by atoms with Gasteiger partial charge in [-0.2, -0.15) is 26.3 Å². The zero-order chi connectivity index (χ0) is 22.8. The molecule has 3 rings (SSSR count). The summed E-state index contributed by atoms with van der Waals surface area (Å²) < 4.78 is 78.4. The predicted molar refractivity (Wildman–Crippen MR) is 101 cm³/mol. The van der Waals surface area contributed by atoms with E-state index in [0.29, 0.717) is 6.07 Å². The fourth-order valence-corrected chi connectivity index (χ4v) is 3.57. The van der Waals surface area contributed by atoms with Gasteiger partial charge in [0.2, 0.25) is 0 Å². The summed E-state index contributed by atoms with van der Waals surface area (Å²) in [4.78, 5) is 23.0. The van der Waals surface area contributed by atoms with E-state index in [4.69, 9.17) is 0 Å². The van der Waals surface area contributed by atoms with Gasteiger partial charge in [0.05, 0.1) is 10.4 Å². The molecule has 0 aliphatic heterocycles. The van der Waals surface area contributed by atoms with Gasteiger partial charge in [0.15, 0.2) is 0 Å². The lowest BCUT2D eigenvalue weighted by Gasteiger charge is -2.09. The summed E-state index contributed by atoms with van der Waals surface area (Å²) in [7, 11) is 0. The number of hydrogen-bond acceptors (Lipinski definition) is 3. The Labute approximate surface area is 175 Å². The van der Waals surface area contributed by atoms with E-state index in [0.717, 1.165) is 24.3 Å². The van der Waals surface area contributed by atoms with Gasteiger partial charge >= 0.3 is 12.4 Å². The molecule has 162 valence electrons. The summed E-state index contributed by atoms with van der Waals surface area (Å²) in [6.45, 7) is 0. The van der Waals surface area contributed by atoms with Gasteiger partial charge in [-0.1, -0.05) is 36.4 Å². The topological polar surface area (TPSA) is 58.2 Å². The summed E-state index contributed by atoms with van der Waals surface area (Å²) in [6, 6.07) is 12.1. The summed E-state index contributed by atoms with van der Waals surface area (Å²) in [5.41, 5.74) is 2.42. The normalized spacial score (nSPS) is 11.8. The van der Waals surface area contributed by atoms with Crippen LogP contribution in [-0.2, 0) is 12.4 Å². The van der Waals surface area contributed by atoms with Crippen LogP contribution in [0.1, 0.15) is 30.5 Å². The average molecular weight is 458 g/mol. The first-order valence-electron chi connectivity index (χ1n) is 8.51. The second-order valence-corrected chi connectivity index (χ2v) is 7.26. The molecule has 0 saturated carbocycles. The Kier molecular flexibility index (Phi) is 6.07. The highest BCUT2D eigenvalue weighted by Crippen LogP contribution is 2.42. The zero-order valence-corrected chi connectivity index (χ0v) is 16.1. The molecule has 2 aromatic carbocycles. The Morgan fingerprint density at radius 1 is 0.742 bits per heavy atom. The first kappa shape index (κ1) is 22.3. The molecule has 0 bridgehead atoms. The number of amides is 2. The number of benzene rings is 2. The molecule has 0 aliphatic carbocycles. The van der Waals surface area contributed by atoms with E-state index < -0.39 is 34.6 Å². The fraction of sp³-hybridized carbons (Fsp3) is 0.100. The molecule has 0 unspecified atom stereocenters. The number of carbonyl (C=O) groups excluding carboxylic acids is 2. The van der Waals surface area contributed by atoms with Crippen LogP contribution in [-0.4, -0.2) is 11.8 Å². The van der Waals surface area contributed by atoms with Crippen molar-refractivity contribution < 1.29 is 35.9 Å². The molecule has 2 N–H and O–H groups in total. The lowest BCUT2D eigenvalue weighted by atomic mass is 10.1. The zero-order valence-electron chi connectivity index (χ0n) is 15.3. The molecule has 2 amide bonds. The summed E-state index contributed by atoms with van der Waals surface area (Å²) >= 11 is 0.186. The van der Waals surface area contributed by atoms with Crippen molar-refractivity contribution in [2.45, 2.75) is 12.4 Å². The quantitative estimate of drug-likeness (QED) is 0.401. The lowest BCUT2D eigenvalue weighted by Crippen LogP contribution is -2.41. The van der Waals surface area contributed by atoms with E-state index in [1.54, 1.807) is 18.2 Å². The number of nitrogens with one attached hydrogen (secondary N) is 2. The highest BCUT2D eigenvalue weighted by Gasteiger charge is 2.37. The minimum Gasteiger partial charge on any atom is -0.267 e. The van der Waals surface area contributed by atoms with Gasteiger partial charge in [-0.25, -0.2) is 0 Å².